The minimum absolute atomic E-state index is 0.0336. The van der Waals surface area contributed by atoms with Crippen molar-refractivity contribution in [2.75, 3.05) is 6.54 Å². The number of hydrogen-bond donors (Lipinski definition) is 1. The van der Waals surface area contributed by atoms with Crippen molar-refractivity contribution in [3.8, 4) is 0 Å². The number of nitrogens with zero attached hydrogens (tertiary/aromatic N) is 2. The van der Waals surface area contributed by atoms with Crippen LogP contribution in [0, 0.1) is 0 Å². The van der Waals surface area contributed by atoms with Crippen molar-refractivity contribution < 1.29 is 24.3 Å². The summed E-state index contributed by atoms with van der Waals surface area (Å²) in [5.74, 6) is -1.44. The summed E-state index contributed by atoms with van der Waals surface area (Å²) in [5.41, 5.74) is 1.61. The highest BCUT2D eigenvalue weighted by Gasteiger charge is 2.35. The normalized spacial score (nSPS) is 19.6. The highest BCUT2D eigenvalue weighted by atomic mass is 16.6. The number of carboxylic acid groups (broad SMARTS) is 1. The lowest BCUT2D eigenvalue weighted by atomic mass is 10.1. The molecule has 0 radical (unpaired) electrons. The molecular formula is C16H16N2O5. The van der Waals surface area contributed by atoms with Gasteiger partial charge < -0.3 is 9.94 Å². The van der Waals surface area contributed by atoms with Gasteiger partial charge in [-0.05, 0) is 18.6 Å². The zero-order chi connectivity index (χ0) is 16.4. The lowest BCUT2D eigenvalue weighted by molar-refractivity contribution is -0.137. The maximum absolute atomic E-state index is 12.2. The molecule has 1 aromatic carbocycles. The highest BCUT2D eigenvalue weighted by Crippen LogP contribution is 2.23. The zero-order valence-corrected chi connectivity index (χ0v) is 12.4. The Morgan fingerprint density at radius 3 is 2.52 bits per heavy atom. The second-order valence-corrected chi connectivity index (χ2v) is 5.58. The minimum atomic E-state index is -0.868. The molecule has 0 spiro atoms. The summed E-state index contributed by atoms with van der Waals surface area (Å²) in [5, 5.41) is 12.6. The SMILES string of the molecule is O=C(O)CCC1CC(CCN2C(=O)c3ccccc3C2=O)=NO1. The molecular weight excluding hydrogens is 300 g/mol. The van der Waals surface area contributed by atoms with Gasteiger partial charge in [0.05, 0.1) is 16.8 Å². The Hall–Kier alpha value is -2.70. The van der Waals surface area contributed by atoms with Crippen molar-refractivity contribution in [2.45, 2.75) is 31.8 Å². The number of carbonyl (C=O) groups excluding carboxylic acids is 2. The fraction of sp³-hybridized carbons (Fsp3) is 0.375. The maximum atomic E-state index is 12.2. The van der Waals surface area contributed by atoms with Gasteiger partial charge in [0.1, 0.15) is 6.10 Å². The number of rotatable bonds is 6. The summed E-state index contributed by atoms with van der Waals surface area (Å²) in [6.07, 6.45) is 1.18. The van der Waals surface area contributed by atoms with Crippen LogP contribution < -0.4 is 0 Å². The average molecular weight is 316 g/mol. The van der Waals surface area contributed by atoms with Crippen LogP contribution in [0.3, 0.4) is 0 Å². The zero-order valence-electron chi connectivity index (χ0n) is 12.4. The van der Waals surface area contributed by atoms with Gasteiger partial charge >= 0.3 is 5.97 Å². The van der Waals surface area contributed by atoms with Crippen LogP contribution in [0.1, 0.15) is 46.4 Å². The van der Waals surface area contributed by atoms with E-state index in [-0.39, 0.29) is 30.9 Å². The molecule has 2 amide bonds. The van der Waals surface area contributed by atoms with E-state index < -0.39 is 5.97 Å². The van der Waals surface area contributed by atoms with E-state index in [2.05, 4.69) is 5.16 Å². The molecule has 1 atom stereocenters. The fourth-order valence-electron chi connectivity index (χ4n) is 2.76. The molecule has 0 fully saturated rings. The number of oxime groups is 1. The van der Waals surface area contributed by atoms with Crippen LogP contribution in [0.2, 0.25) is 0 Å². The van der Waals surface area contributed by atoms with Gasteiger partial charge in [0.2, 0.25) is 0 Å². The summed E-state index contributed by atoms with van der Waals surface area (Å²) < 4.78 is 0. The molecule has 0 aromatic heterocycles. The summed E-state index contributed by atoms with van der Waals surface area (Å²) in [4.78, 5) is 41.4. The first-order valence-electron chi connectivity index (χ1n) is 7.45. The number of amides is 2. The monoisotopic (exact) mass is 316 g/mol. The molecule has 0 aliphatic carbocycles. The standard InChI is InChI=1S/C16H16N2O5/c19-14(20)6-5-11-9-10(17-23-11)7-8-18-15(21)12-3-1-2-4-13(12)16(18)22/h1-4,11H,5-9H2,(H,19,20). The molecule has 0 bridgehead atoms. The lowest BCUT2D eigenvalue weighted by Crippen LogP contribution is -2.31. The molecule has 0 saturated heterocycles. The molecule has 7 nitrogen and oxygen atoms in total. The van der Waals surface area contributed by atoms with Gasteiger partial charge in [-0.3, -0.25) is 19.3 Å². The fourth-order valence-corrected chi connectivity index (χ4v) is 2.76. The van der Waals surface area contributed by atoms with Crippen LogP contribution in [0.4, 0.5) is 0 Å². The quantitative estimate of drug-likeness (QED) is 0.805. The molecule has 1 unspecified atom stereocenters. The van der Waals surface area contributed by atoms with Gasteiger partial charge in [-0.2, -0.15) is 0 Å². The second kappa shape index (κ2) is 6.20. The van der Waals surface area contributed by atoms with E-state index in [0.717, 1.165) is 5.71 Å². The molecule has 3 rings (SSSR count). The average Bonchev–Trinajstić information content (AvgIpc) is 3.09. The number of fused-ring (bicyclic) bond motifs is 1. The van der Waals surface area contributed by atoms with E-state index in [9.17, 15) is 14.4 Å². The predicted molar refractivity (Wildman–Crippen MR) is 80.2 cm³/mol. The Morgan fingerprint density at radius 2 is 1.91 bits per heavy atom. The highest BCUT2D eigenvalue weighted by molar-refractivity contribution is 6.21. The number of benzene rings is 1. The molecule has 120 valence electrons. The van der Waals surface area contributed by atoms with Crippen molar-refractivity contribution >= 4 is 23.5 Å². The van der Waals surface area contributed by atoms with Crippen molar-refractivity contribution in [1.82, 2.24) is 4.90 Å². The molecule has 23 heavy (non-hydrogen) atoms. The van der Waals surface area contributed by atoms with Crippen molar-refractivity contribution in [2.24, 2.45) is 5.16 Å². The predicted octanol–water partition coefficient (Wildman–Crippen LogP) is 1.68. The van der Waals surface area contributed by atoms with Gasteiger partial charge in [0, 0.05) is 25.8 Å². The largest absolute Gasteiger partial charge is 0.481 e. The number of aliphatic carboxylic acids is 1. The van der Waals surface area contributed by atoms with Gasteiger partial charge in [-0.1, -0.05) is 17.3 Å². The van der Waals surface area contributed by atoms with Gasteiger partial charge in [0.15, 0.2) is 0 Å². The number of imide groups is 1. The third-order valence-electron chi connectivity index (χ3n) is 3.98. The first kappa shape index (κ1) is 15.2. The van der Waals surface area contributed by atoms with Crippen molar-refractivity contribution in [3.05, 3.63) is 35.4 Å². The van der Waals surface area contributed by atoms with Crippen molar-refractivity contribution in [1.29, 1.82) is 0 Å². The van der Waals surface area contributed by atoms with E-state index in [0.29, 0.717) is 30.4 Å². The van der Waals surface area contributed by atoms with Crippen LogP contribution in [0.5, 0.6) is 0 Å². The smallest absolute Gasteiger partial charge is 0.303 e. The molecule has 2 aliphatic rings. The number of hydrogen-bond acceptors (Lipinski definition) is 5. The third kappa shape index (κ3) is 3.08. The van der Waals surface area contributed by atoms with Crippen LogP contribution in [0.15, 0.2) is 29.4 Å². The Bertz CT molecular complexity index is 662. The Balaban J connectivity index is 1.53. The van der Waals surface area contributed by atoms with Crippen LogP contribution in [-0.4, -0.2) is 46.2 Å². The third-order valence-corrected chi connectivity index (χ3v) is 3.98. The summed E-state index contributed by atoms with van der Waals surface area (Å²) >= 11 is 0. The molecule has 2 heterocycles. The Kier molecular flexibility index (Phi) is 4.10. The topological polar surface area (TPSA) is 96.3 Å². The van der Waals surface area contributed by atoms with E-state index >= 15 is 0 Å². The van der Waals surface area contributed by atoms with Crippen molar-refractivity contribution in [3.63, 3.8) is 0 Å². The maximum Gasteiger partial charge on any atom is 0.303 e. The first-order valence-corrected chi connectivity index (χ1v) is 7.45. The molecule has 1 N–H and O–H groups in total. The summed E-state index contributed by atoms with van der Waals surface area (Å²) in [6.45, 7) is 0.250. The van der Waals surface area contributed by atoms with Gasteiger partial charge in [-0.25, -0.2) is 0 Å². The van der Waals surface area contributed by atoms with Gasteiger partial charge in [-0.15, -0.1) is 0 Å². The van der Waals surface area contributed by atoms with Crippen LogP contribution in [-0.2, 0) is 9.63 Å². The van der Waals surface area contributed by atoms with E-state index in [4.69, 9.17) is 9.94 Å². The first-order chi connectivity index (χ1) is 11.1. The molecule has 7 heteroatoms. The molecule has 2 aliphatic heterocycles. The molecule has 1 aromatic rings. The summed E-state index contributed by atoms with van der Waals surface area (Å²) in [7, 11) is 0. The lowest BCUT2D eigenvalue weighted by Gasteiger charge is -2.13. The molecule has 0 saturated carbocycles. The Labute approximate surface area is 132 Å². The Morgan fingerprint density at radius 1 is 1.26 bits per heavy atom. The number of carbonyl (C=O) groups is 3. The van der Waals surface area contributed by atoms with Crippen LogP contribution in [0.25, 0.3) is 0 Å². The van der Waals surface area contributed by atoms with E-state index in [1.807, 2.05) is 0 Å². The van der Waals surface area contributed by atoms with Gasteiger partial charge in [0.25, 0.3) is 11.8 Å². The second-order valence-electron chi connectivity index (χ2n) is 5.58. The summed E-state index contributed by atoms with van der Waals surface area (Å²) in [6, 6.07) is 6.76. The minimum Gasteiger partial charge on any atom is -0.481 e. The number of carboxylic acids is 1. The van der Waals surface area contributed by atoms with E-state index in [1.54, 1.807) is 24.3 Å². The van der Waals surface area contributed by atoms with E-state index in [1.165, 1.54) is 4.90 Å². The van der Waals surface area contributed by atoms with Crippen LogP contribution >= 0.6 is 0 Å².